The summed E-state index contributed by atoms with van der Waals surface area (Å²) in [4.78, 5) is 12.3. The van der Waals surface area contributed by atoms with Crippen LogP contribution in [0.5, 0.6) is 5.75 Å². The lowest BCUT2D eigenvalue weighted by molar-refractivity contribution is -0.114. The van der Waals surface area contributed by atoms with Crippen LogP contribution in [-0.2, 0) is 21.4 Å². The highest BCUT2D eigenvalue weighted by Crippen LogP contribution is 2.26. The fourth-order valence-corrected chi connectivity index (χ4v) is 3.34. The Morgan fingerprint density at radius 2 is 1.88 bits per heavy atom. The van der Waals surface area contributed by atoms with Gasteiger partial charge in [-0.1, -0.05) is 24.3 Å². The third-order valence-electron chi connectivity index (χ3n) is 3.46. The van der Waals surface area contributed by atoms with E-state index in [9.17, 15) is 13.2 Å². The zero-order chi connectivity index (χ0) is 17.2. The van der Waals surface area contributed by atoms with Crippen LogP contribution in [0.15, 0.2) is 57.8 Å². The molecule has 2 aromatic rings. The number of benzene rings is 2. The second-order valence-electron chi connectivity index (χ2n) is 5.07. The minimum atomic E-state index is -3.88. The third kappa shape index (κ3) is 3.23. The molecule has 0 fully saturated rings. The Morgan fingerprint density at radius 3 is 2.58 bits per heavy atom. The Hall–Kier alpha value is -2.87. The van der Waals surface area contributed by atoms with Gasteiger partial charge in [0.1, 0.15) is 10.6 Å². The summed E-state index contributed by atoms with van der Waals surface area (Å²) in [5, 5.41) is 5.38. The summed E-state index contributed by atoms with van der Waals surface area (Å²) < 4.78 is 32.8. The zero-order valence-electron chi connectivity index (χ0n) is 12.8. The second-order valence-corrected chi connectivity index (χ2v) is 6.64. The molecule has 2 aromatic carbocycles. The van der Waals surface area contributed by atoms with E-state index < -0.39 is 15.9 Å². The van der Waals surface area contributed by atoms with E-state index in [1.54, 1.807) is 49.6 Å². The van der Waals surface area contributed by atoms with Gasteiger partial charge in [-0.2, -0.15) is 8.42 Å². The molecular formula is C16H15N3O4S. The van der Waals surface area contributed by atoms with Crippen LogP contribution in [0, 0.1) is 0 Å². The minimum absolute atomic E-state index is 0.0525. The molecule has 7 nitrogen and oxygen atoms in total. The molecule has 124 valence electrons. The van der Waals surface area contributed by atoms with E-state index in [1.807, 2.05) is 0 Å². The van der Waals surface area contributed by atoms with Gasteiger partial charge < -0.3 is 15.4 Å². The quantitative estimate of drug-likeness (QED) is 0.876. The van der Waals surface area contributed by atoms with E-state index in [1.165, 1.54) is 6.07 Å². The van der Waals surface area contributed by atoms with Crippen LogP contribution in [0.3, 0.4) is 0 Å². The molecular weight excluding hydrogens is 330 g/mol. The van der Waals surface area contributed by atoms with Crippen LogP contribution in [-0.4, -0.2) is 27.3 Å². The molecule has 3 rings (SSSR count). The number of amidine groups is 1. The highest BCUT2D eigenvalue weighted by molar-refractivity contribution is 7.90. The third-order valence-corrected chi connectivity index (χ3v) is 4.79. The molecule has 0 spiro atoms. The normalized spacial score (nSPS) is 14.8. The molecule has 0 saturated heterocycles. The highest BCUT2D eigenvalue weighted by Gasteiger charge is 2.27. The number of sulfonamides is 1. The van der Waals surface area contributed by atoms with Crippen LogP contribution >= 0.6 is 0 Å². The number of nitrogens with zero attached hydrogens (tertiary/aromatic N) is 1. The van der Waals surface area contributed by atoms with E-state index in [0.29, 0.717) is 11.4 Å². The number of carbonyl (C=O) groups excluding carboxylic acids is 1. The van der Waals surface area contributed by atoms with Gasteiger partial charge in [-0.25, -0.2) is 0 Å². The Balaban J connectivity index is 1.73. The molecule has 0 aliphatic carbocycles. The van der Waals surface area contributed by atoms with Crippen LogP contribution in [0.2, 0.25) is 0 Å². The second kappa shape index (κ2) is 6.32. The summed E-state index contributed by atoms with van der Waals surface area (Å²) in [6.45, 7) is 0.241. The molecule has 24 heavy (non-hydrogen) atoms. The summed E-state index contributed by atoms with van der Waals surface area (Å²) in [7, 11) is -2.31. The molecule has 2 N–H and O–H groups in total. The smallest absolute Gasteiger partial charge is 0.288 e. The number of para-hydroxylation sites is 1. The van der Waals surface area contributed by atoms with Crippen LogP contribution < -0.4 is 15.4 Å². The van der Waals surface area contributed by atoms with E-state index in [2.05, 4.69) is 15.0 Å². The van der Waals surface area contributed by atoms with E-state index in [4.69, 9.17) is 4.74 Å². The Morgan fingerprint density at radius 1 is 1.17 bits per heavy atom. The SMILES string of the molecule is COc1ccc(CNC(=O)C2=NS(=O)(=O)c3ccccc3N2)cc1. The predicted molar refractivity (Wildman–Crippen MR) is 89.5 cm³/mol. The maximum absolute atomic E-state index is 12.2. The van der Waals surface area contributed by atoms with Gasteiger partial charge >= 0.3 is 0 Å². The number of anilines is 1. The van der Waals surface area contributed by atoms with Crippen molar-refractivity contribution in [2.45, 2.75) is 11.4 Å². The van der Waals surface area contributed by atoms with Crippen molar-refractivity contribution in [2.24, 2.45) is 4.40 Å². The van der Waals surface area contributed by atoms with Gasteiger partial charge in [-0.3, -0.25) is 4.79 Å². The number of hydrogen-bond donors (Lipinski definition) is 2. The van der Waals surface area contributed by atoms with E-state index >= 15 is 0 Å². The molecule has 1 aliphatic heterocycles. The van der Waals surface area contributed by atoms with Crippen molar-refractivity contribution in [1.29, 1.82) is 0 Å². The number of nitrogens with one attached hydrogen (secondary N) is 2. The van der Waals surface area contributed by atoms with Crippen molar-refractivity contribution in [3.8, 4) is 5.75 Å². The first-order valence-corrected chi connectivity index (χ1v) is 8.56. The monoisotopic (exact) mass is 345 g/mol. The maximum Gasteiger partial charge on any atom is 0.288 e. The molecule has 1 aliphatic rings. The maximum atomic E-state index is 12.2. The van der Waals surface area contributed by atoms with E-state index in [-0.39, 0.29) is 17.3 Å². The Kier molecular flexibility index (Phi) is 4.22. The van der Waals surface area contributed by atoms with Crippen molar-refractivity contribution in [2.75, 3.05) is 12.4 Å². The molecule has 0 radical (unpaired) electrons. The largest absolute Gasteiger partial charge is 0.497 e. The minimum Gasteiger partial charge on any atom is -0.497 e. The lowest BCUT2D eigenvalue weighted by atomic mass is 10.2. The number of hydrogen-bond acceptors (Lipinski definition) is 5. The van der Waals surface area contributed by atoms with Crippen molar-refractivity contribution < 1.29 is 17.9 Å². The molecule has 0 bridgehead atoms. The highest BCUT2D eigenvalue weighted by atomic mass is 32.2. The summed E-state index contributed by atoms with van der Waals surface area (Å²) in [5.41, 5.74) is 1.19. The van der Waals surface area contributed by atoms with Crippen molar-refractivity contribution >= 4 is 27.5 Å². The van der Waals surface area contributed by atoms with E-state index in [0.717, 1.165) is 5.56 Å². The Bertz CT molecular complexity index is 905. The van der Waals surface area contributed by atoms with Gasteiger partial charge in [-0.05, 0) is 29.8 Å². The lowest BCUT2D eigenvalue weighted by Crippen LogP contribution is -2.37. The molecule has 0 unspecified atom stereocenters. The van der Waals surface area contributed by atoms with Gasteiger partial charge in [0.05, 0.1) is 12.8 Å². The average molecular weight is 345 g/mol. The topological polar surface area (TPSA) is 96.9 Å². The van der Waals surface area contributed by atoms with Crippen molar-refractivity contribution in [1.82, 2.24) is 5.32 Å². The molecule has 0 aromatic heterocycles. The van der Waals surface area contributed by atoms with Crippen molar-refractivity contribution in [3.63, 3.8) is 0 Å². The number of carbonyl (C=O) groups is 1. The number of rotatable bonds is 4. The first kappa shape index (κ1) is 16.0. The summed E-state index contributed by atoms with van der Waals surface area (Å²) in [6.07, 6.45) is 0. The first-order chi connectivity index (χ1) is 11.5. The van der Waals surface area contributed by atoms with Gasteiger partial charge in [0.15, 0.2) is 0 Å². The summed E-state index contributed by atoms with van der Waals surface area (Å²) >= 11 is 0. The molecule has 1 amide bonds. The van der Waals surface area contributed by atoms with Crippen molar-refractivity contribution in [3.05, 3.63) is 54.1 Å². The number of methoxy groups -OCH3 is 1. The summed E-state index contributed by atoms with van der Waals surface area (Å²) in [6, 6.07) is 13.5. The van der Waals surface area contributed by atoms with Gasteiger partial charge in [0.25, 0.3) is 15.9 Å². The zero-order valence-corrected chi connectivity index (χ0v) is 13.6. The number of ether oxygens (including phenoxy) is 1. The van der Waals surface area contributed by atoms with Crippen LogP contribution in [0.25, 0.3) is 0 Å². The predicted octanol–water partition coefficient (Wildman–Crippen LogP) is 1.52. The van der Waals surface area contributed by atoms with Crippen LogP contribution in [0.4, 0.5) is 5.69 Å². The molecule has 8 heteroatoms. The molecule has 0 saturated carbocycles. The molecule has 1 heterocycles. The lowest BCUT2D eigenvalue weighted by Gasteiger charge is -2.17. The van der Waals surface area contributed by atoms with Gasteiger partial charge in [0.2, 0.25) is 5.84 Å². The number of fused-ring (bicyclic) bond motifs is 1. The first-order valence-electron chi connectivity index (χ1n) is 7.12. The summed E-state index contributed by atoms with van der Waals surface area (Å²) in [5.74, 6) is -0.128. The fourth-order valence-electron chi connectivity index (χ4n) is 2.22. The Labute approximate surface area is 139 Å². The average Bonchev–Trinajstić information content (AvgIpc) is 2.59. The number of amides is 1. The van der Waals surface area contributed by atoms with Gasteiger partial charge in [0, 0.05) is 6.54 Å². The molecule has 0 atom stereocenters. The van der Waals surface area contributed by atoms with Gasteiger partial charge in [-0.15, -0.1) is 4.40 Å². The fraction of sp³-hybridized carbons (Fsp3) is 0.125. The van der Waals surface area contributed by atoms with Crippen LogP contribution in [0.1, 0.15) is 5.56 Å². The standard InChI is InChI=1S/C16H15N3O4S/c1-23-12-8-6-11(7-9-12)10-17-16(20)15-18-13-4-2-3-5-14(13)24(21,22)19-15/h2-9H,10H2,1H3,(H,17,20)(H,18,19).